The molecule has 0 bridgehead atoms. The van der Waals surface area contributed by atoms with Gasteiger partial charge in [0.2, 0.25) is 0 Å². The Morgan fingerprint density at radius 1 is 1.09 bits per heavy atom. The first-order valence-electron chi connectivity index (χ1n) is 14.3. The summed E-state index contributed by atoms with van der Waals surface area (Å²) in [5, 5.41) is 22.1. The van der Waals surface area contributed by atoms with Crippen molar-refractivity contribution in [3.05, 3.63) is 100 Å². The zero-order chi connectivity index (χ0) is 30.6. The number of hydrogen-bond acceptors (Lipinski definition) is 6. The predicted molar refractivity (Wildman–Crippen MR) is 175 cm³/mol. The highest BCUT2D eigenvalue weighted by molar-refractivity contribution is 7.99. The predicted octanol–water partition coefficient (Wildman–Crippen LogP) is 8.40. The molecular formula is C35H36ClNO5S. The third-order valence-corrected chi connectivity index (χ3v) is 9.50. The molecule has 1 aliphatic carbocycles. The molecule has 1 aromatic heterocycles. The number of carboxylic acids is 1. The molecule has 1 unspecified atom stereocenters. The van der Waals surface area contributed by atoms with Crippen molar-refractivity contribution in [1.82, 2.24) is 4.98 Å². The van der Waals surface area contributed by atoms with Crippen molar-refractivity contribution in [2.24, 2.45) is 5.41 Å². The summed E-state index contributed by atoms with van der Waals surface area (Å²) in [5.74, 6) is 1.14. The van der Waals surface area contributed by atoms with E-state index in [0.29, 0.717) is 34.4 Å². The van der Waals surface area contributed by atoms with E-state index >= 15 is 0 Å². The fourth-order valence-electron chi connectivity index (χ4n) is 5.38. The van der Waals surface area contributed by atoms with Gasteiger partial charge in [-0.15, -0.1) is 11.8 Å². The average molecular weight is 618 g/mol. The summed E-state index contributed by atoms with van der Waals surface area (Å²) < 4.78 is 11.5. The molecule has 0 radical (unpaired) electrons. The first-order valence-corrected chi connectivity index (χ1v) is 15.7. The van der Waals surface area contributed by atoms with Gasteiger partial charge in [-0.3, -0.25) is 4.79 Å². The molecule has 4 aromatic rings. The number of aromatic nitrogens is 1. The van der Waals surface area contributed by atoms with Crippen LogP contribution in [0.15, 0.2) is 72.8 Å². The number of carbonyl (C=O) groups is 1. The Labute approximate surface area is 261 Å². The van der Waals surface area contributed by atoms with E-state index in [-0.39, 0.29) is 17.1 Å². The number of thioether (sulfide) groups is 1. The number of pyridine rings is 1. The maximum atomic E-state index is 11.8. The molecule has 0 saturated heterocycles. The summed E-state index contributed by atoms with van der Waals surface area (Å²) in [5.41, 5.74) is 3.07. The number of fused-ring (bicyclic) bond motifs is 1. The lowest BCUT2D eigenvalue weighted by Crippen LogP contribution is -2.19. The summed E-state index contributed by atoms with van der Waals surface area (Å²) in [7, 11) is 1.59. The number of halogens is 1. The number of ether oxygens (including phenoxy) is 2. The third kappa shape index (κ3) is 7.71. The highest BCUT2D eigenvalue weighted by Crippen LogP contribution is 2.62. The van der Waals surface area contributed by atoms with Gasteiger partial charge in [0, 0.05) is 27.0 Å². The number of aliphatic hydroxyl groups is 1. The second-order valence-corrected chi connectivity index (χ2v) is 13.2. The van der Waals surface area contributed by atoms with Crippen molar-refractivity contribution < 1.29 is 24.5 Å². The molecular weight excluding hydrogens is 582 g/mol. The van der Waals surface area contributed by atoms with E-state index in [9.17, 15) is 15.0 Å². The van der Waals surface area contributed by atoms with Gasteiger partial charge in [-0.1, -0.05) is 54.1 Å². The van der Waals surface area contributed by atoms with Crippen LogP contribution in [0.4, 0.5) is 0 Å². The standard InChI is InChI=1S/C35H36ClNO5S/c1-34(2,40)29-21-28(41-3)13-14-31(29)42-17-18-43-33(35(15-16-35)22-32(38)39)25-6-4-5-23(19-25)7-11-27-12-9-24-8-10-26(36)20-30(24)37-27/h4-14,19-21,33,40H,15-18,22H2,1-3H3,(H,38,39)/b11-7+. The SMILES string of the molecule is COc1ccc(OCCSC(c2cccc(/C=C/c3ccc4ccc(Cl)cc4n3)c2)C2(CC(=O)O)CC2)c(C(C)(C)O)c1. The second-order valence-electron chi connectivity index (χ2n) is 11.5. The Balaban J connectivity index is 1.32. The molecule has 0 amide bonds. The van der Waals surface area contributed by atoms with Gasteiger partial charge in [0.05, 0.1) is 36.9 Å². The summed E-state index contributed by atoms with van der Waals surface area (Å²) >= 11 is 7.89. The number of carboxylic acid groups (broad SMARTS) is 1. The fourth-order valence-corrected chi connectivity index (χ4v) is 6.98. The van der Waals surface area contributed by atoms with Crippen LogP contribution in [0.1, 0.15) is 60.7 Å². The molecule has 0 aliphatic heterocycles. The van der Waals surface area contributed by atoms with Crippen molar-refractivity contribution in [2.45, 2.75) is 44.0 Å². The molecule has 2 N–H and O–H groups in total. The highest BCUT2D eigenvalue weighted by atomic mass is 35.5. The van der Waals surface area contributed by atoms with E-state index in [0.717, 1.165) is 40.6 Å². The minimum atomic E-state index is -1.09. The molecule has 1 aliphatic rings. The first kappa shape index (κ1) is 30.9. The molecule has 6 nitrogen and oxygen atoms in total. The van der Waals surface area contributed by atoms with Gasteiger partial charge in [0.25, 0.3) is 0 Å². The minimum Gasteiger partial charge on any atom is -0.497 e. The molecule has 43 heavy (non-hydrogen) atoms. The highest BCUT2D eigenvalue weighted by Gasteiger charge is 2.51. The minimum absolute atomic E-state index is 0.00565. The van der Waals surface area contributed by atoms with E-state index in [1.54, 1.807) is 38.8 Å². The summed E-state index contributed by atoms with van der Waals surface area (Å²) in [6.07, 6.45) is 5.91. The number of nitrogens with zero attached hydrogens (tertiary/aromatic N) is 1. The van der Waals surface area contributed by atoms with Crippen LogP contribution in [0.5, 0.6) is 11.5 Å². The van der Waals surface area contributed by atoms with Crippen LogP contribution in [0.2, 0.25) is 5.02 Å². The largest absolute Gasteiger partial charge is 0.497 e. The quantitative estimate of drug-likeness (QED) is 0.146. The molecule has 0 spiro atoms. The van der Waals surface area contributed by atoms with Gasteiger partial charge in [-0.25, -0.2) is 4.98 Å². The van der Waals surface area contributed by atoms with E-state index in [1.165, 1.54) is 0 Å². The van der Waals surface area contributed by atoms with Crippen LogP contribution < -0.4 is 9.47 Å². The Morgan fingerprint density at radius 2 is 1.88 bits per heavy atom. The number of hydrogen-bond donors (Lipinski definition) is 2. The molecule has 224 valence electrons. The Kier molecular flexibility index (Phi) is 9.35. The van der Waals surface area contributed by atoms with Crippen LogP contribution in [-0.2, 0) is 10.4 Å². The Hall–Kier alpha value is -3.52. The molecule has 1 saturated carbocycles. The summed E-state index contributed by atoms with van der Waals surface area (Å²) in [4.78, 5) is 16.6. The monoisotopic (exact) mass is 617 g/mol. The third-order valence-electron chi connectivity index (χ3n) is 7.76. The van der Waals surface area contributed by atoms with Crippen LogP contribution in [0.25, 0.3) is 23.1 Å². The van der Waals surface area contributed by atoms with E-state index in [4.69, 9.17) is 26.1 Å². The Bertz CT molecular complexity index is 1640. The normalized spacial score (nSPS) is 15.0. The zero-order valence-electron chi connectivity index (χ0n) is 24.5. The number of rotatable bonds is 13. The summed E-state index contributed by atoms with van der Waals surface area (Å²) in [6, 6.07) is 23.4. The second kappa shape index (κ2) is 13.0. The van der Waals surface area contributed by atoms with Gasteiger partial charge in [0.15, 0.2) is 0 Å². The van der Waals surface area contributed by atoms with E-state index in [2.05, 4.69) is 12.1 Å². The Morgan fingerprint density at radius 3 is 2.60 bits per heavy atom. The molecule has 5 rings (SSSR count). The van der Waals surface area contributed by atoms with Gasteiger partial charge >= 0.3 is 5.97 Å². The number of benzene rings is 3. The molecule has 1 fully saturated rings. The van der Waals surface area contributed by atoms with Crippen LogP contribution in [0.3, 0.4) is 0 Å². The van der Waals surface area contributed by atoms with Crippen molar-refractivity contribution in [3.63, 3.8) is 0 Å². The maximum absolute atomic E-state index is 11.8. The average Bonchev–Trinajstić information content (AvgIpc) is 3.74. The van der Waals surface area contributed by atoms with E-state index < -0.39 is 11.6 Å². The van der Waals surface area contributed by atoms with Crippen LogP contribution in [0, 0.1) is 5.41 Å². The fraction of sp³-hybridized carbons (Fsp3) is 0.314. The maximum Gasteiger partial charge on any atom is 0.303 e. The number of methoxy groups -OCH3 is 1. The molecule has 1 atom stereocenters. The molecule has 8 heteroatoms. The molecule has 3 aromatic carbocycles. The topological polar surface area (TPSA) is 88.9 Å². The smallest absolute Gasteiger partial charge is 0.303 e. The van der Waals surface area contributed by atoms with Crippen LogP contribution in [-0.4, -0.2) is 40.6 Å². The van der Waals surface area contributed by atoms with Gasteiger partial charge in [0.1, 0.15) is 11.5 Å². The van der Waals surface area contributed by atoms with Gasteiger partial charge in [-0.05, 0) is 85.7 Å². The van der Waals surface area contributed by atoms with Gasteiger partial charge < -0.3 is 19.7 Å². The van der Waals surface area contributed by atoms with E-state index in [1.807, 2.05) is 66.7 Å². The lowest BCUT2D eigenvalue weighted by molar-refractivity contribution is -0.138. The lowest BCUT2D eigenvalue weighted by Gasteiger charge is -2.27. The first-order chi connectivity index (χ1) is 20.6. The van der Waals surface area contributed by atoms with Crippen molar-refractivity contribution >= 4 is 52.4 Å². The van der Waals surface area contributed by atoms with Gasteiger partial charge in [-0.2, -0.15) is 0 Å². The zero-order valence-corrected chi connectivity index (χ0v) is 26.1. The van der Waals surface area contributed by atoms with Crippen molar-refractivity contribution in [2.75, 3.05) is 19.5 Å². The van der Waals surface area contributed by atoms with Crippen LogP contribution >= 0.6 is 23.4 Å². The van der Waals surface area contributed by atoms with Crippen molar-refractivity contribution in [1.29, 1.82) is 0 Å². The summed E-state index contributed by atoms with van der Waals surface area (Å²) in [6.45, 7) is 3.85. The number of aliphatic carboxylic acids is 1. The molecule has 1 heterocycles. The van der Waals surface area contributed by atoms with Crippen molar-refractivity contribution in [3.8, 4) is 11.5 Å². The lowest BCUT2D eigenvalue weighted by atomic mass is 9.91.